The van der Waals surface area contributed by atoms with Crippen molar-refractivity contribution in [2.24, 2.45) is 7.05 Å². The summed E-state index contributed by atoms with van der Waals surface area (Å²) in [4.78, 5) is 25.9. The van der Waals surface area contributed by atoms with E-state index in [4.69, 9.17) is 0 Å². The van der Waals surface area contributed by atoms with E-state index in [-0.39, 0.29) is 0 Å². The Balaban J connectivity index is 1.71. The van der Waals surface area contributed by atoms with Gasteiger partial charge in [-0.3, -0.25) is 9.59 Å². The molecule has 4 nitrogen and oxygen atoms in total. The molecule has 138 valence electrons. The zero-order chi connectivity index (χ0) is 19.7. The van der Waals surface area contributed by atoms with E-state index in [1.54, 1.807) is 11.6 Å². The highest BCUT2D eigenvalue weighted by molar-refractivity contribution is 6.47. The quantitative estimate of drug-likeness (QED) is 0.408. The Bertz CT molecular complexity index is 1180. The molecule has 3 aromatic carbocycles. The van der Waals surface area contributed by atoms with Gasteiger partial charge in [0.15, 0.2) is 0 Å². The van der Waals surface area contributed by atoms with Gasteiger partial charge in [0.05, 0.1) is 0 Å². The van der Waals surface area contributed by atoms with Crippen LogP contribution in [0, 0.1) is 6.92 Å². The molecular formula is C24H20N2O2. The molecule has 0 spiro atoms. The first-order valence-corrected chi connectivity index (χ1v) is 9.11. The first-order valence-electron chi connectivity index (χ1n) is 9.11. The highest BCUT2D eigenvalue weighted by Crippen LogP contribution is 2.28. The van der Waals surface area contributed by atoms with Gasteiger partial charge in [-0.05, 0) is 30.0 Å². The second kappa shape index (κ2) is 7.16. The van der Waals surface area contributed by atoms with Crippen molar-refractivity contribution in [1.29, 1.82) is 0 Å². The number of Topliss-reactive ketones (excluding diaryl/α,β-unsaturated/α-hetero) is 1. The predicted octanol–water partition coefficient (Wildman–Crippen LogP) is 4.98. The van der Waals surface area contributed by atoms with Crippen LogP contribution in [0.2, 0.25) is 0 Å². The van der Waals surface area contributed by atoms with Crippen molar-refractivity contribution in [2.75, 3.05) is 5.32 Å². The summed E-state index contributed by atoms with van der Waals surface area (Å²) < 4.78 is 1.77. The molecular weight excluding hydrogens is 348 g/mol. The molecule has 28 heavy (non-hydrogen) atoms. The number of aromatic nitrogens is 1. The van der Waals surface area contributed by atoms with Crippen LogP contribution in [-0.2, 0) is 11.8 Å². The van der Waals surface area contributed by atoms with E-state index in [0.717, 1.165) is 27.6 Å². The number of anilines is 1. The maximum atomic E-state index is 13.1. The number of aryl methyl sites for hydroxylation is 1. The van der Waals surface area contributed by atoms with Gasteiger partial charge in [0, 0.05) is 29.4 Å². The molecule has 0 aliphatic heterocycles. The first kappa shape index (κ1) is 17.7. The highest BCUT2D eigenvalue weighted by Gasteiger charge is 2.25. The van der Waals surface area contributed by atoms with Crippen LogP contribution in [0.1, 0.15) is 16.2 Å². The number of benzene rings is 3. The van der Waals surface area contributed by atoms with E-state index >= 15 is 0 Å². The molecule has 0 saturated heterocycles. The van der Waals surface area contributed by atoms with Crippen LogP contribution in [0.4, 0.5) is 5.69 Å². The van der Waals surface area contributed by atoms with E-state index in [9.17, 15) is 9.59 Å². The minimum absolute atomic E-state index is 0.390. The molecule has 0 atom stereocenters. The van der Waals surface area contributed by atoms with E-state index < -0.39 is 11.7 Å². The molecule has 1 amide bonds. The van der Waals surface area contributed by atoms with Crippen molar-refractivity contribution >= 4 is 28.2 Å². The number of hydrogen-bond donors (Lipinski definition) is 1. The lowest BCUT2D eigenvalue weighted by Gasteiger charge is -2.10. The molecule has 1 heterocycles. The minimum atomic E-state index is -0.644. The lowest BCUT2D eigenvalue weighted by atomic mass is 10.0. The zero-order valence-electron chi connectivity index (χ0n) is 15.8. The molecule has 4 aromatic rings. The van der Waals surface area contributed by atoms with Gasteiger partial charge >= 0.3 is 0 Å². The van der Waals surface area contributed by atoms with Crippen LogP contribution in [0.3, 0.4) is 0 Å². The van der Waals surface area contributed by atoms with Gasteiger partial charge in [-0.25, -0.2) is 0 Å². The van der Waals surface area contributed by atoms with Gasteiger partial charge in [-0.15, -0.1) is 0 Å². The number of ketones is 1. The number of hydrogen-bond acceptors (Lipinski definition) is 2. The zero-order valence-corrected chi connectivity index (χ0v) is 15.8. The highest BCUT2D eigenvalue weighted by atomic mass is 16.2. The Morgan fingerprint density at radius 1 is 0.857 bits per heavy atom. The summed E-state index contributed by atoms with van der Waals surface area (Å²) in [5.74, 6) is -1.20. The predicted molar refractivity (Wildman–Crippen MR) is 112 cm³/mol. The molecule has 4 heteroatoms. The Morgan fingerprint density at radius 2 is 1.54 bits per heavy atom. The average Bonchev–Trinajstić information content (AvgIpc) is 3.03. The topological polar surface area (TPSA) is 51.1 Å². The standard InChI is InChI=1S/C24H20N2O2/c1-16-15-20(18-9-4-3-5-10-18)22(26(16)2)23(27)24(28)25-21-14-8-12-17-11-6-7-13-19(17)21/h3-15H,1-2H3,(H,25,28). The van der Waals surface area contributed by atoms with Crippen molar-refractivity contribution in [3.63, 3.8) is 0 Å². The van der Waals surface area contributed by atoms with Crippen LogP contribution < -0.4 is 5.32 Å². The van der Waals surface area contributed by atoms with Crippen LogP contribution in [0.25, 0.3) is 21.9 Å². The molecule has 0 aliphatic rings. The van der Waals surface area contributed by atoms with E-state index in [2.05, 4.69) is 5.32 Å². The van der Waals surface area contributed by atoms with E-state index in [1.807, 2.05) is 85.8 Å². The fraction of sp³-hybridized carbons (Fsp3) is 0.0833. The SMILES string of the molecule is Cc1cc(-c2ccccc2)c(C(=O)C(=O)Nc2cccc3ccccc23)n1C. The van der Waals surface area contributed by atoms with Crippen molar-refractivity contribution in [2.45, 2.75) is 6.92 Å². The number of carbonyl (C=O) groups is 2. The van der Waals surface area contributed by atoms with Gasteiger partial charge < -0.3 is 9.88 Å². The lowest BCUT2D eigenvalue weighted by Crippen LogP contribution is -2.25. The summed E-state index contributed by atoms with van der Waals surface area (Å²) in [5, 5.41) is 4.70. The first-order chi connectivity index (χ1) is 13.6. The maximum Gasteiger partial charge on any atom is 0.298 e. The fourth-order valence-electron chi connectivity index (χ4n) is 3.46. The maximum absolute atomic E-state index is 13.1. The van der Waals surface area contributed by atoms with E-state index in [0.29, 0.717) is 11.4 Å². The number of nitrogens with zero attached hydrogens (tertiary/aromatic N) is 1. The third-order valence-corrected chi connectivity index (χ3v) is 5.02. The minimum Gasteiger partial charge on any atom is -0.345 e. The van der Waals surface area contributed by atoms with Gasteiger partial charge in [0.25, 0.3) is 11.7 Å². The number of rotatable bonds is 4. The van der Waals surface area contributed by atoms with Crippen molar-refractivity contribution in [3.05, 3.63) is 90.3 Å². The van der Waals surface area contributed by atoms with Gasteiger partial charge in [0.2, 0.25) is 0 Å². The smallest absolute Gasteiger partial charge is 0.298 e. The van der Waals surface area contributed by atoms with Crippen LogP contribution in [-0.4, -0.2) is 16.3 Å². The van der Waals surface area contributed by atoms with Gasteiger partial charge in [-0.1, -0.05) is 66.7 Å². The molecule has 0 radical (unpaired) electrons. The summed E-state index contributed by atoms with van der Waals surface area (Å²) >= 11 is 0. The molecule has 0 saturated carbocycles. The monoisotopic (exact) mass is 368 g/mol. The molecule has 1 N–H and O–H groups in total. The fourth-order valence-corrected chi connectivity index (χ4v) is 3.46. The van der Waals surface area contributed by atoms with Crippen LogP contribution in [0.5, 0.6) is 0 Å². The average molecular weight is 368 g/mol. The van der Waals surface area contributed by atoms with Gasteiger partial charge in [-0.2, -0.15) is 0 Å². The third-order valence-electron chi connectivity index (χ3n) is 5.02. The largest absolute Gasteiger partial charge is 0.345 e. The van der Waals surface area contributed by atoms with Gasteiger partial charge in [0.1, 0.15) is 5.69 Å². The summed E-state index contributed by atoms with van der Waals surface area (Å²) in [6.45, 7) is 1.92. The molecule has 0 unspecified atom stereocenters. The second-order valence-corrected chi connectivity index (χ2v) is 6.78. The summed E-state index contributed by atoms with van der Waals surface area (Å²) in [7, 11) is 1.81. The number of fused-ring (bicyclic) bond motifs is 1. The number of nitrogens with one attached hydrogen (secondary N) is 1. The third kappa shape index (κ3) is 3.09. The van der Waals surface area contributed by atoms with Crippen molar-refractivity contribution in [1.82, 2.24) is 4.57 Å². The van der Waals surface area contributed by atoms with Crippen LogP contribution in [0.15, 0.2) is 78.9 Å². The molecule has 0 fully saturated rings. The van der Waals surface area contributed by atoms with Crippen LogP contribution >= 0.6 is 0 Å². The lowest BCUT2D eigenvalue weighted by molar-refractivity contribution is -0.112. The summed E-state index contributed by atoms with van der Waals surface area (Å²) in [6, 6.07) is 25.0. The van der Waals surface area contributed by atoms with E-state index in [1.165, 1.54) is 0 Å². The normalized spacial score (nSPS) is 10.8. The Morgan fingerprint density at radius 3 is 2.32 bits per heavy atom. The number of carbonyl (C=O) groups excluding carboxylic acids is 2. The summed E-state index contributed by atoms with van der Waals surface area (Å²) in [5.41, 5.74) is 3.61. The Kier molecular flexibility index (Phi) is 4.53. The second-order valence-electron chi connectivity index (χ2n) is 6.78. The van der Waals surface area contributed by atoms with Crippen molar-refractivity contribution < 1.29 is 9.59 Å². The molecule has 4 rings (SSSR count). The number of amides is 1. The summed E-state index contributed by atoms with van der Waals surface area (Å²) in [6.07, 6.45) is 0. The Labute approximate surface area is 163 Å². The molecule has 0 bridgehead atoms. The molecule has 0 aliphatic carbocycles. The van der Waals surface area contributed by atoms with Crippen molar-refractivity contribution in [3.8, 4) is 11.1 Å². The Hall–Kier alpha value is -3.66. The molecule has 1 aromatic heterocycles.